The molecule has 2 fully saturated rings. The topological polar surface area (TPSA) is 150 Å². The van der Waals surface area contributed by atoms with Crippen molar-refractivity contribution in [1.82, 2.24) is 29.8 Å². The van der Waals surface area contributed by atoms with Gasteiger partial charge in [0.05, 0.1) is 17.1 Å². The Balaban J connectivity index is 1.33. The van der Waals surface area contributed by atoms with E-state index < -0.39 is 33.0 Å². The number of aromatic nitrogens is 6. The van der Waals surface area contributed by atoms with Crippen LogP contribution in [-0.2, 0) is 14.6 Å². The van der Waals surface area contributed by atoms with Crippen molar-refractivity contribution in [2.24, 2.45) is 0 Å². The first kappa shape index (κ1) is 23.3. The van der Waals surface area contributed by atoms with E-state index in [0.29, 0.717) is 28.8 Å². The Morgan fingerprint density at radius 2 is 2.08 bits per heavy atom. The minimum absolute atomic E-state index is 0.0407. The molecule has 0 radical (unpaired) electrons. The maximum atomic E-state index is 13.3. The zero-order chi connectivity index (χ0) is 25.7. The van der Waals surface area contributed by atoms with Crippen LogP contribution in [-0.4, -0.2) is 68.2 Å². The van der Waals surface area contributed by atoms with Crippen LogP contribution in [0.2, 0.25) is 0 Å². The van der Waals surface area contributed by atoms with Gasteiger partial charge in [0.25, 0.3) is 0 Å². The summed E-state index contributed by atoms with van der Waals surface area (Å²) in [6.07, 6.45) is 6.42. The van der Waals surface area contributed by atoms with Gasteiger partial charge in [0.2, 0.25) is 17.8 Å². The molecule has 1 amide bonds. The molecule has 3 N–H and O–H groups in total. The number of carbonyl (C=O) groups is 1. The predicted molar refractivity (Wildman–Crippen MR) is 134 cm³/mol. The summed E-state index contributed by atoms with van der Waals surface area (Å²) in [5.41, 5.74) is 2.05. The van der Waals surface area contributed by atoms with Crippen LogP contribution >= 0.6 is 0 Å². The third kappa shape index (κ3) is 4.71. The summed E-state index contributed by atoms with van der Waals surface area (Å²) >= 11 is 0. The molecule has 1 saturated heterocycles. The lowest BCUT2D eigenvalue weighted by Gasteiger charge is -2.24. The van der Waals surface area contributed by atoms with Crippen LogP contribution in [0.3, 0.4) is 0 Å². The van der Waals surface area contributed by atoms with Crippen molar-refractivity contribution in [2.45, 2.75) is 36.5 Å². The highest BCUT2D eigenvalue weighted by molar-refractivity contribution is 7.91. The fourth-order valence-corrected chi connectivity index (χ4v) is 5.48. The second-order valence-electron chi connectivity index (χ2n) is 9.42. The number of carbonyl (C=O) groups excluding carboxylic acids is 1. The van der Waals surface area contributed by atoms with Crippen LogP contribution in [0.5, 0.6) is 0 Å². The molecule has 0 unspecified atom stereocenters. The van der Waals surface area contributed by atoms with Gasteiger partial charge in [0, 0.05) is 36.7 Å². The molecule has 5 heterocycles. The molecule has 2 aliphatic rings. The Labute approximate surface area is 211 Å². The number of H-pyrrole nitrogens is 1. The standard InChI is InChI=1S/C23H24FN9O3S/c1-37(35,36)15-9-18(22(34)26-14-6-7-19(24)25-11-14)32(12-15)23-28-21(17-3-2-8-33(17)31-23)27-20-10-16(29-30-20)13-4-5-13/h2-3,6-8,10-11,13,15,18H,4-5,9,12H2,1H3,(H,26,34)(H2,27,28,29,30,31)/t15-,18-/m0/s1. The number of anilines is 4. The molecular formula is C23H24FN9O3S. The monoisotopic (exact) mass is 525 g/mol. The largest absolute Gasteiger partial charge is 0.326 e. The number of aromatic amines is 1. The van der Waals surface area contributed by atoms with Crippen molar-refractivity contribution in [2.75, 3.05) is 28.3 Å². The molecular weight excluding hydrogens is 501 g/mol. The van der Waals surface area contributed by atoms with Crippen LogP contribution in [0.25, 0.3) is 5.52 Å². The molecule has 1 saturated carbocycles. The van der Waals surface area contributed by atoms with Gasteiger partial charge in [-0.1, -0.05) is 0 Å². The van der Waals surface area contributed by atoms with E-state index in [-0.39, 0.29) is 18.9 Å². The maximum absolute atomic E-state index is 13.3. The highest BCUT2D eigenvalue weighted by Crippen LogP contribution is 2.40. The normalized spacial score (nSPS) is 19.9. The van der Waals surface area contributed by atoms with Gasteiger partial charge in [-0.15, -0.1) is 5.10 Å². The van der Waals surface area contributed by atoms with E-state index >= 15 is 0 Å². The first-order valence-electron chi connectivity index (χ1n) is 11.8. The summed E-state index contributed by atoms with van der Waals surface area (Å²) in [7, 11) is -3.45. The highest BCUT2D eigenvalue weighted by Gasteiger charge is 2.43. The summed E-state index contributed by atoms with van der Waals surface area (Å²) in [4.78, 5) is 23.1. The van der Waals surface area contributed by atoms with E-state index in [1.165, 1.54) is 12.3 Å². The molecule has 192 valence electrons. The first-order valence-corrected chi connectivity index (χ1v) is 13.8. The number of halogens is 1. The van der Waals surface area contributed by atoms with Gasteiger partial charge in [-0.3, -0.25) is 9.89 Å². The Bertz CT molecular complexity index is 1580. The summed E-state index contributed by atoms with van der Waals surface area (Å²) in [5.74, 6) is 0.619. The number of hydrogen-bond donors (Lipinski definition) is 3. The van der Waals surface area contributed by atoms with Gasteiger partial charge in [-0.25, -0.2) is 17.9 Å². The van der Waals surface area contributed by atoms with Crippen molar-refractivity contribution < 1.29 is 17.6 Å². The SMILES string of the molecule is CS(=O)(=O)[C@H]1C[C@@H](C(=O)Nc2ccc(F)nc2)N(c2nc(Nc3cc(C4CC4)[nH]n3)c3cccn3n2)C1. The molecule has 0 spiro atoms. The number of amides is 1. The molecule has 0 aromatic carbocycles. The second kappa shape index (κ2) is 8.80. The molecule has 1 aliphatic heterocycles. The number of hydrogen-bond acceptors (Lipinski definition) is 9. The van der Waals surface area contributed by atoms with E-state index in [0.717, 1.165) is 30.9 Å². The first-order chi connectivity index (χ1) is 17.7. The van der Waals surface area contributed by atoms with Crippen LogP contribution in [0.15, 0.2) is 42.7 Å². The molecule has 6 rings (SSSR count). The Kier molecular flexibility index (Phi) is 5.55. The molecule has 4 aromatic heterocycles. The summed E-state index contributed by atoms with van der Waals surface area (Å²) in [5, 5.41) is 17.1. The second-order valence-corrected chi connectivity index (χ2v) is 11.7. The summed E-state index contributed by atoms with van der Waals surface area (Å²) in [6.45, 7) is 0.0407. The maximum Gasteiger partial charge on any atom is 0.247 e. The van der Waals surface area contributed by atoms with Crippen LogP contribution in [0.4, 0.5) is 27.7 Å². The quantitative estimate of drug-likeness (QED) is 0.309. The molecule has 2 atom stereocenters. The lowest BCUT2D eigenvalue weighted by Crippen LogP contribution is -2.41. The smallest absolute Gasteiger partial charge is 0.247 e. The van der Waals surface area contributed by atoms with Crippen molar-refractivity contribution in [3.8, 4) is 0 Å². The summed E-state index contributed by atoms with van der Waals surface area (Å²) in [6, 6.07) is 7.24. The Morgan fingerprint density at radius 3 is 2.81 bits per heavy atom. The van der Waals surface area contributed by atoms with Crippen molar-refractivity contribution in [1.29, 1.82) is 0 Å². The summed E-state index contributed by atoms with van der Waals surface area (Å²) < 4.78 is 39.7. The minimum atomic E-state index is -3.45. The average Bonchev–Trinajstić information content (AvgIpc) is 3.24. The number of sulfone groups is 1. The molecule has 14 heteroatoms. The van der Waals surface area contributed by atoms with Crippen molar-refractivity contribution in [3.63, 3.8) is 0 Å². The molecule has 12 nitrogen and oxygen atoms in total. The molecule has 4 aromatic rings. The van der Waals surface area contributed by atoms with Crippen molar-refractivity contribution >= 4 is 44.5 Å². The van der Waals surface area contributed by atoms with E-state index in [1.54, 1.807) is 15.6 Å². The molecule has 1 aliphatic carbocycles. The lowest BCUT2D eigenvalue weighted by atomic mass is 10.2. The van der Waals surface area contributed by atoms with Gasteiger partial charge < -0.3 is 15.5 Å². The van der Waals surface area contributed by atoms with E-state index in [9.17, 15) is 17.6 Å². The van der Waals surface area contributed by atoms with E-state index in [2.05, 4.69) is 35.9 Å². The van der Waals surface area contributed by atoms with Gasteiger partial charge in [-0.2, -0.15) is 14.5 Å². The highest BCUT2D eigenvalue weighted by atomic mass is 32.2. The zero-order valence-electron chi connectivity index (χ0n) is 19.8. The van der Waals surface area contributed by atoms with Gasteiger partial charge in [-0.05, 0) is 43.5 Å². The van der Waals surface area contributed by atoms with Gasteiger partial charge in [0.1, 0.15) is 11.6 Å². The number of rotatable bonds is 7. The van der Waals surface area contributed by atoms with Crippen molar-refractivity contribution in [3.05, 3.63) is 54.4 Å². The Hall–Kier alpha value is -4.07. The van der Waals surface area contributed by atoms with Crippen LogP contribution < -0.4 is 15.5 Å². The zero-order valence-corrected chi connectivity index (χ0v) is 20.6. The number of nitrogens with zero attached hydrogens (tertiary/aromatic N) is 6. The Morgan fingerprint density at radius 1 is 1.24 bits per heavy atom. The number of nitrogens with one attached hydrogen (secondary N) is 3. The lowest BCUT2D eigenvalue weighted by molar-refractivity contribution is -0.117. The predicted octanol–water partition coefficient (Wildman–Crippen LogP) is 2.24. The van der Waals surface area contributed by atoms with E-state index in [1.807, 2.05) is 18.2 Å². The fraction of sp³-hybridized carbons (Fsp3) is 0.348. The van der Waals surface area contributed by atoms with Gasteiger partial charge >= 0.3 is 0 Å². The molecule has 0 bridgehead atoms. The third-order valence-corrected chi connectivity index (χ3v) is 8.22. The third-order valence-electron chi connectivity index (χ3n) is 6.66. The van der Waals surface area contributed by atoms with E-state index in [4.69, 9.17) is 0 Å². The van der Waals surface area contributed by atoms with Crippen LogP contribution in [0.1, 0.15) is 30.9 Å². The average molecular weight is 526 g/mol. The fourth-order valence-electron chi connectivity index (χ4n) is 4.51. The number of fused-ring (bicyclic) bond motifs is 1. The molecule has 37 heavy (non-hydrogen) atoms. The van der Waals surface area contributed by atoms with Gasteiger partial charge in [0.15, 0.2) is 21.5 Å². The minimum Gasteiger partial charge on any atom is -0.326 e. The van der Waals surface area contributed by atoms with Crippen LogP contribution in [0, 0.1) is 5.95 Å². The number of pyridine rings is 1.